The van der Waals surface area contributed by atoms with Crippen LogP contribution < -0.4 is 5.32 Å². The number of carbonyl (C=O) groups excluding carboxylic acids is 1. The molecule has 0 bridgehead atoms. The molecular weight excluding hydrogens is 351 g/mol. The topological polar surface area (TPSA) is 102 Å². The van der Waals surface area contributed by atoms with Crippen molar-refractivity contribution in [2.75, 3.05) is 11.6 Å². The monoisotopic (exact) mass is 363 g/mol. The highest BCUT2D eigenvalue weighted by Gasteiger charge is 2.38. The third kappa shape index (κ3) is 3.40. The van der Waals surface area contributed by atoms with Gasteiger partial charge in [-0.05, 0) is 36.7 Å². The molecule has 0 saturated heterocycles. The normalized spacial score (nSPS) is 12.2. The average molecular weight is 363 g/mol. The quantitative estimate of drug-likeness (QED) is 0.898. The minimum absolute atomic E-state index is 0.0137. The molecule has 2 rings (SSSR count). The number of rotatable bonds is 3. The molecule has 0 atom stereocenters. The van der Waals surface area contributed by atoms with Gasteiger partial charge in [0.25, 0.3) is 5.91 Å². The van der Waals surface area contributed by atoms with Gasteiger partial charge in [0.1, 0.15) is 5.69 Å². The van der Waals surface area contributed by atoms with Crippen molar-refractivity contribution < 1.29 is 31.0 Å². The lowest BCUT2D eigenvalue weighted by Gasteiger charge is -2.16. The van der Waals surface area contributed by atoms with E-state index in [2.05, 4.69) is 20.3 Å². The van der Waals surface area contributed by atoms with E-state index in [1.165, 1.54) is 6.92 Å². The van der Waals surface area contributed by atoms with Crippen LogP contribution in [0.15, 0.2) is 21.7 Å². The predicted octanol–water partition coefficient (Wildman–Crippen LogP) is 2.36. The summed E-state index contributed by atoms with van der Waals surface area (Å²) in [6.45, 7) is 2.63. The molecule has 1 aromatic carbocycles. The van der Waals surface area contributed by atoms with Crippen molar-refractivity contribution in [1.29, 1.82) is 0 Å². The number of amides is 1. The van der Waals surface area contributed by atoms with Gasteiger partial charge in [-0.25, -0.2) is 13.0 Å². The van der Waals surface area contributed by atoms with Gasteiger partial charge in [-0.3, -0.25) is 4.79 Å². The van der Waals surface area contributed by atoms with E-state index in [1.54, 1.807) is 0 Å². The Balaban J connectivity index is 2.58. The fourth-order valence-electron chi connectivity index (χ4n) is 2.16. The molecule has 1 heterocycles. The Kier molecular flexibility index (Phi) is 4.40. The van der Waals surface area contributed by atoms with E-state index >= 15 is 0 Å². The van der Waals surface area contributed by atoms with Gasteiger partial charge in [-0.1, -0.05) is 5.16 Å². The number of nitrogens with zero attached hydrogens (tertiary/aromatic N) is 2. The molecule has 7 nitrogen and oxygen atoms in total. The Labute approximate surface area is 134 Å². The van der Waals surface area contributed by atoms with E-state index in [0.717, 1.165) is 13.0 Å². The van der Waals surface area contributed by atoms with Gasteiger partial charge in [0.05, 0.1) is 10.5 Å². The lowest BCUT2D eigenvalue weighted by Crippen LogP contribution is -2.19. The Morgan fingerprint density at radius 2 is 1.83 bits per heavy atom. The van der Waals surface area contributed by atoms with Crippen molar-refractivity contribution in [3.63, 3.8) is 0 Å². The molecule has 130 valence electrons. The number of aryl methyl sites for hydroxylation is 1. The number of nitrogens with one attached hydrogen (secondary N) is 1. The number of carbonyl (C=O) groups is 1. The first-order valence-corrected chi connectivity index (χ1v) is 8.33. The van der Waals surface area contributed by atoms with Gasteiger partial charge in [0.2, 0.25) is 5.82 Å². The van der Waals surface area contributed by atoms with Crippen LogP contribution >= 0.6 is 0 Å². The van der Waals surface area contributed by atoms with Gasteiger partial charge >= 0.3 is 6.18 Å². The molecule has 2 aromatic rings. The summed E-state index contributed by atoms with van der Waals surface area (Å²) in [6.07, 6.45) is -4.22. The van der Waals surface area contributed by atoms with Crippen LogP contribution in [0, 0.1) is 13.8 Å². The summed E-state index contributed by atoms with van der Waals surface area (Å²) in [5.41, 5.74) is -1.60. The highest BCUT2D eigenvalue weighted by molar-refractivity contribution is 7.90. The highest BCUT2D eigenvalue weighted by Crippen LogP contribution is 2.37. The summed E-state index contributed by atoms with van der Waals surface area (Å²) >= 11 is 0. The zero-order valence-electron chi connectivity index (χ0n) is 12.7. The summed E-state index contributed by atoms with van der Waals surface area (Å²) < 4.78 is 67.2. The summed E-state index contributed by atoms with van der Waals surface area (Å²) in [4.78, 5) is 11.3. The lowest BCUT2D eigenvalue weighted by molar-refractivity contribution is -0.139. The van der Waals surface area contributed by atoms with Gasteiger partial charge in [0.15, 0.2) is 9.84 Å². The molecule has 0 saturated carbocycles. The molecule has 0 aliphatic heterocycles. The van der Waals surface area contributed by atoms with Gasteiger partial charge in [-0.15, -0.1) is 0 Å². The molecule has 0 unspecified atom stereocenters. The second-order valence-corrected chi connectivity index (χ2v) is 6.99. The molecule has 0 aliphatic carbocycles. The molecule has 0 spiro atoms. The van der Waals surface area contributed by atoms with Gasteiger partial charge in [0, 0.05) is 11.8 Å². The van der Waals surface area contributed by atoms with Crippen molar-refractivity contribution in [2.24, 2.45) is 0 Å². The van der Waals surface area contributed by atoms with Crippen molar-refractivity contribution in [3.05, 3.63) is 34.5 Å². The Morgan fingerprint density at radius 3 is 2.29 bits per heavy atom. The fourth-order valence-corrected chi connectivity index (χ4v) is 3.41. The third-order valence-electron chi connectivity index (χ3n) is 3.21. The predicted molar refractivity (Wildman–Crippen MR) is 76.3 cm³/mol. The first-order chi connectivity index (χ1) is 10.9. The summed E-state index contributed by atoms with van der Waals surface area (Å²) in [5.74, 6) is -0.842. The molecule has 11 heteroatoms. The molecule has 0 radical (unpaired) electrons. The number of alkyl halides is 3. The smallest absolute Gasteiger partial charge is 0.302 e. The van der Waals surface area contributed by atoms with Crippen LogP contribution in [0.25, 0.3) is 0 Å². The molecule has 1 N–H and O–H groups in total. The number of hydrogen-bond donors (Lipinski definition) is 1. The van der Waals surface area contributed by atoms with Crippen LogP contribution in [0.2, 0.25) is 0 Å². The van der Waals surface area contributed by atoms with Gasteiger partial charge in [-0.2, -0.15) is 13.2 Å². The molecule has 1 aromatic heterocycles. The Morgan fingerprint density at radius 1 is 1.21 bits per heavy atom. The van der Waals surface area contributed by atoms with E-state index in [0.29, 0.717) is 12.3 Å². The zero-order chi connectivity index (χ0) is 18.3. The lowest BCUT2D eigenvalue weighted by atomic mass is 10.0. The van der Waals surface area contributed by atoms with Crippen LogP contribution in [0.4, 0.5) is 19.0 Å². The highest BCUT2D eigenvalue weighted by atomic mass is 32.2. The fraction of sp³-hybridized carbons (Fsp3) is 0.308. The Hall–Kier alpha value is -2.43. The van der Waals surface area contributed by atoms with Crippen LogP contribution in [0.1, 0.15) is 27.2 Å². The second-order valence-electron chi connectivity index (χ2n) is 5.04. The number of halogens is 3. The number of sulfone groups is 1. The molecule has 24 heavy (non-hydrogen) atoms. The number of benzene rings is 1. The van der Waals surface area contributed by atoms with Crippen LogP contribution in [-0.2, 0) is 16.0 Å². The SMILES string of the molecule is Cc1nonc1NC(=O)c1ccc(C(F)(F)F)c(S(C)(=O)=O)c1C. The molecule has 1 amide bonds. The minimum Gasteiger partial charge on any atom is -0.302 e. The Bertz CT molecular complexity index is 904. The first-order valence-electron chi connectivity index (χ1n) is 6.44. The number of hydrogen-bond acceptors (Lipinski definition) is 6. The average Bonchev–Trinajstić information content (AvgIpc) is 2.81. The maximum atomic E-state index is 13.1. The molecular formula is C13H12F3N3O4S. The van der Waals surface area contributed by atoms with E-state index in [4.69, 9.17) is 0 Å². The molecule has 0 aliphatic rings. The van der Waals surface area contributed by atoms with E-state index in [9.17, 15) is 26.4 Å². The summed E-state index contributed by atoms with van der Waals surface area (Å²) in [7, 11) is -4.22. The zero-order valence-corrected chi connectivity index (χ0v) is 13.5. The summed E-state index contributed by atoms with van der Waals surface area (Å²) in [6, 6.07) is 1.47. The van der Waals surface area contributed by atoms with Crippen molar-refractivity contribution >= 4 is 21.6 Å². The van der Waals surface area contributed by atoms with Crippen LogP contribution in [-0.4, -0.2) is 30.9 Å². The maximum absolute atomic E-state index is 13.1. The van der Waals surface area contributed by atoms with Crippen molar-refractivity contribution in [1.82, 2.24) is 10.3 Å². The third-order valence-corrected chi connectivity index (χ3v) is 4.48. The standard InChI is InChI=1S/C13H12F3N3O4S/c1-6-8(12(20)17-11-7(2)18-23-19-11)4-5-9(13(14,15)16)10(6)24(3,21)22/h4-5H,1-3H3,(H,17,19,20). The largest absolute Gasteiger partial charge is 0.417 e. The number of aromatic nitrogens is 2. The van der Waals surface area contributed by atoms with E-state index in [1.807, 2.05) is 0 Å². The first kappa shape index (κ1) is 17.9. The van der Waals surface area contributed by atoms with Crippen LogP contribution in [0.3, 0.4) is 0 Å². The van der Waals surface area contributed by atoms with E-state index < -0.39 is 32.4 Å². The second kappa shape index (κ2) is 5.89. The van der Waals surface area contributed by atoms with Crippen molar-refractivity contribution in [3.8, 4) is 0 Å². The van der Waals surface area contributed by atoms with E-state index in [-0.39, 0.29) is 22.6 Å². The van der Waals surface area contributed by atoms with Gasteiger partial charge < -0.3 is 5.32 Å². The maximum Gasteiger partial charge on any atom is 0.417 e. The van der Waals surface area contributed by atoms with Crippen molar-refractivity contribution in [2.45, 2.75) is 24.9 Å². The number of anilines is 1. The van der Waals surface area contributed by atoms with Crippen LogP contribution in [0.5, 0.6) is 0 Å². The molecule has 0 fully saturated rings. The summed E-state index contributed by atoms with van der Waals surface area (Å²) in [5, 5.41) is 9.17. The minimum atomic E-state index is -4.87.